The average Bonchev–Trinajstić information content (AvgIpc) is 2.26. The van der Waals surface area contributed by atoms with Crippen molar-refractivity contribution in [3.05, 3.63) is 58.1 Å². The molecular formula is C13H9BrF2N2O. The summed E-state index contributed by atoms with van der Waals surface area (Å²) in [4.78, 5) is 11.9. The van der Waals surface area contributed by atoms with Crippen LogP contribution in [0.1, 0.15) is 10.4 Å². The highest BCUT2D eigenvalue weighted by Crippen LogP contribution is 2.22. The van der Waals surface area contributed by atoms with Crippen LogP contribution in [0.15, 0.2) is 40.9 Å². The van der Waals surface area contributed by atoms with E-state index in [0.717, 1.165) is 12.1 Å². The van der Waals surface area contributed by atoms with Crippen molar-refractivity contribution in [1.82, 2.24) is 0 Å². The van der Waals surface area contributed by atoms with Crippen molar-refractivity contribution < 1.29 is 13.6 Å². The summed E-state index contributed by atoms with van der Waals surface area (Å²) >= 11 is 3.09. The molecular weight excluding hydrogens is 318 g/mol. The fraction of sp³-hybridized carbons (Fsp3) is 0. The molecule has 0 fully saturated rings. The number of carbonyl (C=O) groups is 1. The molecule has 2 aromatic carbocycles. The van der Waals surface area contributed by atoms with Gasteiger partial charge in [0.15, 0.2) is 0 Å². The fourth-order valence-corrected chi connectivity index (χ4v) is 2.11. The molecule has 0 aliphatic rings. The number of halogens is 3. The standard InChI is InChI=1S/C13H9BrF2N2O/c14-10-2-1-3-11(16)12(10)13(19)18-9-5-7(15)4-8(17)6-9/h1-6H,17H2,(H,18,19). The third-order valence-corrected chi connectivity index (χ3v) is 3.03. The van der Waals surface area contributed by atoms with Crippen molar-refractivity contribution in [2.24, 2.45) is 0 Å². The molecule has 2 rings (SSSR count). The van der Waals surface area contributed by atoms with Crippen molar-refractivity contribution in [3.63, 3.8) is 0 Å². The lowest BCUT2D eigenvalue weighted by atomic mass is 10.2. The summed E-state index contributed by atoms with van der Waals surface area (Å²) in [5, 5.41) is 2.39. The Hall–Kier alpha value is -1.95. The van der Waals surface area contributed by atoms with E-state index in [1.165, 1.54) is 24.3 Å². The molecule has 0 unspecified atom stereocenters. The number of hydrogen-bond donors (Lipinski definition) is 2. The minimum Gasteiger partial charge on any atom is -0.399 e. The molecule has 0 aromatic heterocycles. The van der Waals surface area contributed by atoms with Crippen LogP contribution < -0.4 is 11.1 Å². The number of amides is 1. The lowest BCUT2D eigenvalue weighted by Crippen LogP contribution is -2.14. The van der Waals surface area contributed by atoms with Crippen molar-refractivity contribution in [3.8, 4) is 0 Å². The lowest BCUT2D eigenvalue weighted by Gasteiger charge is -2.08. The van der Waals surface area contributed by atoms with Gasteiger partial charge in [0, 0.05) is 15.8 Å². The second-order valence-electron chi connectivity index (χ2n) is 3.82. The Morgan fingerprint density at radius 3 is 2.58 bits per heavy atom. The molecule has 0 bridgehead atoms. The van der Waals surface area contributed by atoms with E-state index < -0.39 is 17.5 Å². The first kappa shape index (κ1) is 13.5. The molecule has 1 amide bonds. The number of nitrogen functional groups attached to an aromatic ring is 1. The maximum absolute atomic E-state index is 13.6. The molecule has 3 nitrogen and oxygen atoms in total. The number of nitrogens with one attached hydrogen (secondary N) is 1. The summed E-state index contributed by atoms with van der Waals surface area (Å²) in [6, 6.07) is 7.78. The van der Waals surface area contributed by atoms with Crippen LogP contribution in [0, 0.1) is 11.6 Å². The summed E-state index contributed by atoms with van der Waals surface area (Å²) < 4.78 is 27.0. The second-order valence-corrected chi connectivity index (χ2v) is 4.68. The van der Waals surface area contributed by atoms with Gasteiger partial charge in [0.2, 0.25) is 0 Å². The van der Waals surface area contributed by atoms with Crippen LogP contribution in [0.5, 0.6) is 0 Å². The first-order valence-electron chi connectivity index (χ1n) is 5.29. The summed E-state index contributed by atoms with van der Waals surface area (Å²) in [5.74, 6) is -1.94. The van der Waals surface area contributed by atoms with E-state index in [9.17, 15) is 13.6 Å². The van der Waals surface area contributed by atoms with E-state index in [2.05, 4.69) is 21.2 Å². The molecule has 0 atom stereocenters. The van der Waals surface area contributed by atoms with Gasteiger partial charge in [-0.25, -0.2) is 8.78 Å². The van der Waals surface area contributed by atoms with Gasteiger partial charge in [-0.1, -0.05) is 6.07 Å². The van der Waals surface area contributed by atoms with E-state index in [-0.39, 0.29) is 16.9 Å². The number of rotatable bonds is 2. The molecule has 2 aromatic rings. The fourth-order valence-electron chi connectivity index (χ4n) is 1.59. The molecule has 0 spiro atoms. The average molecular weight is 327 g/mol. The maximum atomic E-state index is 13.6. The summed E-state index contributed by atoms with van der Waals surface area (Å²) in [6.07, 6.45) is 0. The Bertz CT molecular complexity index is 606. The lowest BCUT2D eigenvalue weighted by molar-refractivity contribution is 0.102. The monoisotopic (exact) mass is 326 g/mol. The van der Waals surface area contributed by atoms with Crippen molar-refractivity contribution in [2.45, 2.75) is 0 Å². The number of nitrogens with two attached hydrogens (primary N) is 1. The number of carbonyl (C=O) groups excluding carboxylic acids is 1. The molecule has 0 saturated heterocycles. The van der Waals surface area contributed by atoms with Gasteiger partial charge in [-0.2, -0.15) is 0 Å². The summed E-state index contributed by atoms with van der Waals surface area (Å²) in [5.41, 5.74) is 5.65. The third kappa shape index (κ3) is 3.08. The molecule has 0 heterocycles. The number of hydrogen-bond acceptors (Lipinski definition) is 2. The second kappa shape index (κ2) is 5.36. The highest BCUT2D eigenvalue weighted by atomic mass is 79.9. The van der Waals surface area contributed by atoms with E-state index in [1.54, 1.807) is 0 Å². The minimum absolute atomic E-state index is 0.148. The van der Waals surface area contributed by atoms with Crippen LogP contribution in [-0.4, -0.2) is 5.91 Å². The van der Waals surface area contributed by atoms with Gasteiger partial charge >= 0.3 is 0 Å². The third-order valence-electron chi connectivity index (χ3n) is 2.37. The summed E-state index contributed by atoms with van der Waals surface area (Å²) in [7, 11) is 0. The van der Waals surface area contributed by atoms with Crippen LogP contribution in [0.25, 0.3) is 0 Å². The quantitative estimate of drug-likeness (QED) is 0.829. The predicted octanol–water partition coefficient (Wildman–Crippen LogP) is 3.56. The van der Waals surface area contributed by atoms with Crippen LogP contribution >= 0.6 is 15.9 Å². The van der Waals surface area contributed by atoms with Gasteiger partial charge in [0.25, 0.3) is 5.91 Å². The molecule has 6 heteroatoms. The van der Waals surface area contributed by atoms with Crippen molar-refractivity contribution >= 4 is 33.2 Å². The van der Waals surface area contributed by atoms with Gasteiger partial charge < -0.3 is 11.1 Å². The minimum atomic E-state index is -0.685. The molecule has 0 radical (unpaired) electrons. The van der Waals surface area contributed by atoms with Crippen LogP contribution in [0.2, 0.25) is 0 Å². The van der Waals surface area contributed by atoms with Gasteiger partial charge in [0.05, 0.1) is 5.56 Å². The van der Waals surface area contributed by atoms with E-state index in [0.29, 0.717) is 4.47 Å². The maximum Gasteiger partial charge on any atom is 0.259 e. The zero-order chi connectivity index (χ0) is 14.0. The predicted molar refractivity (Wildman–Crippen MR) is 72.9 cm³/mol. The zero-order valence-electron chi connectivity index (χ0n) is 9.58. The van der Waals surface area contributed by atoms with E-state index >= 15 is 0 Å². The van der Waals surface area contributed by atoms with Crippen LogP contribution in [0.3, 0.4) is 0 Å². The Morgan fingerprint density at radius 1 is 1.21 bits per heavy atom. The highest BCUT2D eigenvalue weighted by Gasteiger charge is 2.15. The van der Waals surface area contributed by atoms with Crippen LogP contribution in [-0.2, 0) is 0 Å². The van der Waals surface area contributed by atoms with Gasteiger partial charge in [-0.3, -0.25) is 4.79 Å². The smallest absolute Gasteiger partial charge is 0.259 e. The van der Waals surface area contributed by atoms with Gasteiger partial charge in [-0.15, -0.1) is 0 Å². The van der Waals surface area contributed by atoms with Crippen molar-refractivity contribution in [2.75, 3.05) is 11.1 Å². The first-order chi connectivity index (χ1) is 8.97. The SMILES string of the molecule is Nc1cc(F)cc(NC(=O)c2c(F)cccc2Br)c1. The molecule has 19 heavy (non-hydrogen) atoms. The topological polar surface area (TPSA) is 55.1 Å². The zero-order valence-corrected chi connectivity index (χ0v) is 11.2. The first-order valence-corrected chi connectivity index (χ1v) is 6.08. The Kier molecular flexibility index (Phi) is 3.80. The Labute approximate surface area is 116 Å². The largest absolute Gasteiger partial charge is 0.399 e. The van der Waals surface area contributed by atoms with E-state index in [4.69, 9.17) is 5.73 Å². The van der Waals surface area contributed by atoms with Crippen LogP contribution in [0.4, 0.5) is 20.2 Å². The molecule has 0 aliphatic carbocycles. The summed E-state index contributed by atoms with van der Waals surface area (Å²) in [6.45, 7) is 0. The molecule has 0 aliphatic heterocycles. The molecule has 0 saturated carbocycles. The van der Waals surface area contributed by atoms with Gasteiger partial charge in [-0.05, 0) is 46.3 Å². The van der Waals surface area contributed by atoms with Crippen molar-refractivity contribution in [1.29, 1.82) is 0 Å². The Balaban J connectivity index is 2.31. The Morgan fingerprint density at radius 2 is 1.95 bits per heavy atom. The highest BCUT2D eigenvalue weighted by molar-refractivity contribution is 9.10. The number of anilines is 2. The normalized spacial score (nSPS) is 10.3. The number of benzene rings is 2. The van der Waals surface area contributed by atoms with Gasteiger partial charge in [0.1, 0.15) is 11.6 Å². The molecule has 98 valence electrons. The van der Waals surface area contributed by atoms with E-state index in [1.807, 2.05) is 0 Å². The molecule has 3 N–H and O–H groups in total.